The first-order chi connectivity index (χ1) is 7.33. The van der Waals surface area contributed by atoms with Gasteiger partial charge in [-0.05, 0) is 19.1 Å². The molecule has 1 aromatic heterocycles. The number of hydrogen-bond acceptors (Lipinski definition) is 3. The van der Waals surface area contributed by atoms with Gasteiger partial charge in [0.05, 0.1) is 24.3 Å². The van der Waals surface area contributed by atoms with E-state index in [1.54, 1.807) is 12.5 Å². The number of imidazole rings is 1. The standard InChI is InChI=1S/C11H13N3O/c1-2-15-10-5-3-4-9(11(10)12)14-7-6-13-8-14/h3-8H,2,12H2,1H3. The maximum absolute atomic E-state index is 5.99. The van der Waals surface area contributed by atoms with E-state index in [0.717, 1.165) is 5.69 Å². The third kappa shape index (κ3) is 1.79. The lowest BCUT2D eigenvalue weighted by atomic mass is 10.2. The monoisotopic (exact) mass is 203 g/mol. The van der Waals surface area contributed by atoms with Crippen molar-refractivity contribution < 1.29 is 4.74 Å². The molecule has 2 rings (SSSR count). The van der Waals surface area contributed by atoms with Gasteiger partial charge in [0, 0.05) is 12.4 Å². The Kier molecular flexibility index (Phi) is 2.58. The van der Waals surface area contributed by atoms with Gasteiger partial charge >= 0.3 is 0 Å². The summed E-state index contributed by atoms with van der Waals surface area (Å²) in [6.07, 6.45) is 5.27. The summed E-state index contributed by atoms with van der Waals surface area (Å²) in [4.78, 5) is 3.98. The number of rotatable bonds is 3. The van der Waals surface area contributed by atoms with Crippen LogP contribution < -0.4 is 10.5 Å². The predicted octanol–water partition coefficient (Wildman–Crippen LogP) is 1.85. The molecular formula is C11H13N3O. The summed E-state index contributed by atoms with van der Waals surface area (Å²) in [7, 11) is 0. The number of anilines is 1. The lowest BCUT2D eigenvalue weighted by Gasteiger charge is -2.11. The molecule has 2 aromatic rings. The van der Waals surface area contributed by atoms with Gasteiger partial charge in [-0.15, -0.1) is 0 Å². The second kappa shape index (κ2) is 4.04. The molecule has 1 aromatic carbocycles. The number of hydrogen-bond donors (Lipinski definition) is 1. The average Bonchev–Trinajstić information content (AvgIpc) is 2.74. The van der Waals surface area contributed by atoms with E-state index in [9.17, 15) is 0 Å². The first kappa shape index (κ1) is 9.58. The van der Waals surface area contributed by atoms with Crippen molar-refractivity contribution in [3.8, 4) is 11.4 Å². The van der Waals surface area contributed by atoms with Gasteiger partial charge in [-0.2, -0.15) is 0 Å². The first-order valence-corrected chi connectivity index (χ1v) is 4.82. The van der Waals surface area contributed by atoms with E-state index in [1.165, 1.54) is 0 Å². The van der Waals surface area contributed by atoms with Crippen molar-refractivity contribution in [1.29, 1.82) is 0 Å². The summed E-state index contributed by atoms with van der Waals surface area (Å²) < 4.78 is 7.28. The normalized spacial score (nSPS) is 10.2. The number of nitrogens with two attached hydrogens (primary N) is 1. The molecule has 4 nitrogen and oxygen atoms in total. The van der Waals surface area contributed by atoms with Gasteiger partial charge in [0.2, 0.25) is 0 Å². The zero-order chi connectivity index (χ0) is 10.7. The fraction of sp³-hybridized carbons (Fsp3) is 0.182. The van der Waals surface area contributed by atoms with Crippen LogP contribution in [0.3, 0.4) is 0 Å². The number of aromatic nitrogens is 2. The summed E-state index contributed by atoms with van der Waals surface area (Å²) in [6, 6.07) is 5.70. The minimum absolute atomic E-state index is 0.609. The molecule has 0 fully saturated rings. The van der Waals surface area contributed by atoms with Crippen LogP contribution in [0.15, 0.2) is 36.9 Å². The Bertz CT molecular complexity index is 437. The van der Waals surface area contributed by atoms with E-state index in [0.29, 0.717) is 18.0 Å². The summed E-state index contributed by atoms with van der Waals surface area (Å²) >= 11 is 0. The SMILES string of the molecule is CCOc1cccc(-n2ccnc2)c1N. The second-order valence-corrected chi connectivity index (χ2v) is 3.09. The van der Waals surface area contributed by atoms with Crippen molar-refractivity contribution in [3.63, 3.8) is 0 Å². The van der Waals surface area contributed by atoms with E-state index >= 15 is 0 Å². The van der Waals surface area contributed by atoms with Crippen LogP contribution in [0, 0.1) is 0 Å². The second-order valence-electron chi connectivity index (χ2n) is 3.09. The molecular weight excluding hydrogens is 190 g/mol. The van der Waals surface area contributed by atoms with Gasteiger partial charge < -0.3 is 15.0 Å². The molecule has 0 radical (unpaired) electrons. The molecule has 0 aliphatic carbocycles. The summed E-state index contributed by atoms with van der Waals surface area (Å²) in [5, 5.41) is 0. The molecule has 1 heterocycles. The maximum atomic E-state index is 5.99. The fourth-order valence-electron chi connectivity index (χ4n) is 1.44. The van der Waals surface area contributed by atoms with Crippen molar-refractivity contribution in [3.05, 3.63) is 36.9 Å². The number of benzene rings is 1. The van der Waals surface area contributed by atoms with E-state index < -0.39 is 0 Å². The lowest BCUT2D eigenvalue weighted by molar-refractivity contribution is 0.342. The van der Waals surface area contributed by atoms with Crippen molar-refractivity contribution in [1.82, 2.24) is 9.55 Å². The number of nitrogens with zero attached hydrogens (tertiary/aromatic N) is 2. The van der Waals surface area contributed by atoms with E-state index in [-0.39, 0.29) is 0 Å². The highest BCUT2D eigenvalue weighted by Gasteiger charge is 2.06. The number of ether oxygens (including phenoxy) is 1. The molecule has 0 aliphatic rings. The highest BCUT2D eigenvalue weighted by Crippen LogP contribution is 2.27. The largest absolute Gasteiger partial charge is 0.492 e. The molecule has 2 N–H and O–H groups in total. The Morgan fingerprint density at radius 3 is 3.00 bits per heavy atom. The van der Waals surface area contributed by atoms with E-state index in [1.807, 2.05) is 35.9 Å². The number of nitrogen functional groups attached to an aromatic ring is 1. The van der Waals surface area contributed by atoms with Crippen LogP contribution in [0.25, 0.3) is 5.69 Å². The first-order valence-electron chi connectivity index (χ1n) is 4.82. The van der Waals surface area contributed by atoms with Crippen LogP contribution in [0.5, 0.6) is 5.75 Å². The Labute approximate surface area is 88.3 Å². The van der Waals surface area contributed by atoms with Gasteiger partial charge in [0.15, 0.2) is 0 Å². The fourth-order valence-corrected chi connectivity index (χ4v) is 1.44. The Hall–Kier alpha value is -1.97. The molecule has 0 saturated heterocycles. The van der Waals surface area contributed by atoms with Crippen molar-refractivity contribution in [2.75, 3.05) is 12.3 Å². The Balaban J connectivity index is 2.45. The van der Waals surface area contributed by atoms with Crippen LogP contribution in [-0.4, -0.2) is 16.2 Å². The molecule has 78 valence electrons. The van der Waals surface area contributed by atoms with Crippen LogP contribution in [0.1, 0.15) is 6.92 Å². The van der Waals surface area contributed by atoms with Crippen LogP contribution in [0.4, 0.5) is 5.69 Å². The van der Waals surface area contributed by atoms with E-state index in [2.05, 4.69) is 4.98 Å². The minimum Gasteiger partial charge on any atom is -0.492 e. The molecule has 0 saturated carbocycles. The third-order valence-corrected chi connectivity index (χ3v) is 2.13. The molecule has 0 bridgehead atoms. The zero-order valence-electron chi connectivity index (χ0n) is 8.55. The van der Waals surface area contributed by atoms with Gasteiger partial charge in [-0.1, -0.05) is 6.07 Å². The molecule has 4 heteroatoms. The summed E-state index contributed by atoms with van der Waals surface area (Å²) in [5.41, 5.74) is 7.51. The molecule has 0 aliphatic heterocycles. The topological polar surface area (TPSA) is 53.1 Å². The predicted molar refractivity (Wildman–Crippen MR) is 59.1 cm³/mol. The van der Waals surface area contributed by atoms with Crippen molar-refractivity contribution in [2.24, 2.45) is 0 Å². The quantitative estimate of drug-likeness (QED) is 0.774. The van der Waals surface area contributed by atoms with Crippen LogP contribution in [-0.2, 0) is 0 Å². The molecule has 0 spiro atoms. The summed E-state index contributed by atoms with van der Waals surface area (Å²) in [6.45, 7) is 2.54. The Morgan fingerprint density at radius 2 is 2.33 bits per heavy atom. The summed E-state index contributed by atoms with van der Waals surface area (Å²) in [5.74, 6) is 0.712. The Morgan fingerprint density at radius 1 is 1.47 bits per heavy atom. The highest BCUT2D eigenvalue weighted by atomic mass is 16.5. The smallest absolute Gasteiger partial charge is 0.144 e. The van der Waals surface area contributed by atoms with Gasteiger partial charge in [-0.3, -0.25) is 0 Å². The highest BCUT2D eigenvalue weighted by molar-refractivity contribution is 5.66. The van der Waals surface area contributed by atoms with Gasteiger partial charge in [0.25, 0.3) is 0 Å². The maximum Gasteiger partial charge on any atom is 0.144 e. The lowest BCUT2D eigenvalue weighted by Crippen LogP contribution is -2.01. The molecule has 0 atom stereocenters. The van der Waals surface area contributed by atoms with Crippen molar-refractivity contribution >= 4 is 5.69 Å². The zero-order valence-corrected chi connectivity index (χ0v) is 8.55. The van der Waals surface area contributed by atoms with Gasteiger partial charge in [-0.25, -0.2) is 4.98 Å². The molecule has 15 heavy (non-hydrogen) atoms. The average molecular weight is 203 g/mol. The number of para-hydroxylation sites is 1. The van der Waals surface area contributed by atoms with Crippen LogP contribution >= 0.6 is 0 Å². The van der Waals surface area contributed by atoms with Crippen molar-refractivity contribution in [2.45, 2.75) is 6.92 Å². The van der Waals surface area contributed by atoms with E-state index in [4.69, 9.17) is 10.5 Å². The van der Waals surface area contributed by atoms with Crippen LogP contribution in [0.2, 0.25) is 0 Å². The third-order valence-electron chi connectivity index (χ3n) is 2.13. The minimum atomic E-state index is 0.609. The van der Waals surface area contributed by atoms with Gasteiger partial charge in [0.1, 0.15) is 5.75 Å². The molecule has 0 amide bonds. The molecule has 0 unspecified atom stereocenters.